The minimum Gasteiger partial charge on any atom is -0.507 e. The lowest BCUT2D eigenvalue weighted by atomic mass is 9.95. The van der Waals surface area contributed by atoms with E-state index in [0.29, 0.717) is 11.1 Å². The predicted octanol–water partition coefficient (Wildman–Crippen LogP) is 2.65. The van der Waals surface area contributed by atoms with Gasteiger partial charge in [0.25, 0.3) is 17.4 Å². The van der Waals surface area contributed by atoms with Crippen molar-refractivity contribution in [2.75, 3.05) is 7.05 Å². The Balaban J connectivity index is 2.13. The number of aliphatic hydroxyl groups excluding tert-OH is 1. The number of ketones is 1. The summed E-state index contributed by atoms with van der Waals surface area (Å²) in [6.07, 6.45) is 0. The largest absolute Gasteiger partial charge is 0.507 e. The van der Waals surface area contributed by atoms with Crippen LogP contribution in [0.1, 0.15) is 17.2 Å². The van der Waals surface area contributed by atoms with E-state index in [0.717, 1.165) is 0 Å². The van der Waals surface area contributed by atoms with Crippen LogP contribution in [0.5, 0.6) is 0 Å². The Bertz CT molecular complexity index is 887. The van der Waals surface area contributed by atoms with Gasteiger partial charge < -0.3 is 10.0 Å². The zero-order valence-electron chi connectivity index (χ0n) is 13.2. The van der Waals surface area contributed by atoms with Crippen LogP contribution in [-0.2, 0) is 9.59 Å². The van der Waals surface area contributed by atoms with Gasteiger partial charge in [-0.2, -0.15) is 0 Å². The first-order valence-electron chi connectivity index (χ1n) is 7.46. The van der Waals surface area contributed by atoms with Crippen molar-refractivity contribution in [1.82, 2.24) is 4.90 Å². The Morgan fingerprint density at radius 1 is 1.08 bits per heavy atom. The lowest BCUT2D eigenvalue weighted by molar-refractivity contribution is -0.384. The van der Waals surface area contributed by atoms with Gasteiger partial charge in [-0.15, -0.1) is 0 Å². The molecule has 1 saturated heterocycles. The molecular weight excluding hydrogens is 324 g/mol. The van der Waals surface area contributed by atoms with E-state index in [1.54, 1.807) is 30.3 Å². The maximum absolute atomic E-state index is 12.4. The van der Waals surface area contributed by atoms with Gasteiger partial charge in [-0.3, -0.25) is 19.7 Å². The van der Waals surface area contributed by atoms with E-state index < -0.39 is 22.7 Å². The molecule has 1 amide bonds. The van der Waals surface area contributed by atoms with Crippen molar-refractivity contribution in [3.63, 3.8) is 0 Å². The smallest absolute Gasteiger partial charge is 0.295 e. The van der Waals surface area contributed by atoms with Crippen molar-refractivity contribution in [3.05, 3.63) is 81.4 Å². The maximum atomic E-state index is 12.4. The van der Waals surface area contributed by atoms with Crippen molar-refractivity contribution in [2.45, 2.75) is 6.04 Å². The number of hydrogen-bond acceptors (Lipinski definition) is 5. The van der Waals surface area contributed by atoms with Gasteiger partial charge in [-0.05, 0) is 17.7 Å². The van der Waals surface area contributed by atoms with Crippen LogP contribution in [0.2, 0.25) is 0 Å². The van der Waals surface area contributed by atoms with E-state index >= 15 is 0 Å². The number of carbonyl (C=O) groups excluding carboxylic acids is 2. The summed E-state index contributed by atoms with van der Waals surface area (Å²) in [5, 5.41) is 21.4. The zero-order valence-corrected chi connectivity index (χ0v) is 13.2. The first-order chi connectivity index (χ1) is 11.9. The first-order valence-corrected chi connectivity index (χ1v) is 7.46. The number of amides is 1. The van der Waals surface area contributed by atoms with Crippen molar-refractivity contribution >= 4 is 23.1 Å². The summed E-state index contributed by atoms with van der Waals surface area (Å²) in [6, 6.07) is 13.2. The third-order valence-electron chi connectivity index (χ3n) is 4.14. The van der Waals surface area contributed by atoms with Crippen LogP contribution < -0.4 is 0 Å². The SMILES string of the molecule is CN1C(=O)C(=O)/C(=C(\O)c2ccccc2)C1c1ccc([N+](=O)[O-])cc1. The van der Waals surface area contributed by atoms with E-state index in [-0.39, 0.29) is 17.0 Å². The highest BCUT2D eigenvalue weighted by Crippen LogP contribution is 2.38. The summed E-state index contributed by atoms with van der Waals surface area (Å²) >= 11 is 0. The second-order valence-electron chi connectivity index (χ2n) is 5.62. The average molecular weight is 338 g/mol. The van der Waals surface area contributed by atoms with Crippen molar-refractivity contribution in [3.8, 4) is 0 Å². The van der Waals surface area contributed by atoms with Crippen LogP contribution in [0.25, 0.3) is 5.76 Å². The van der Waals surface area contributed by atoms with Gasteiger partial charge in [0, 0.05) is 24.7 Å². The van der Waals surface area contributed by atoms with Gasteiger partial charge >= 0.3 is 0 Å². The predicted molar refractivity (Wildman–Crippen MR) is 89.6 cm³/mol. The molecule has 1 aliphatic heterocycles. The van der Waals surface area contributed by atoms with E-state index in [1.165, 1.54) is 36.2 Å². The molecule has 0 saturated carbocycles. The number of nitro benzene ring substituents is 1. The Kier molecular flexibility index (Phi) is 4.06. The molecule has 3 rings (SSSR count). The van der Waals surface area contributed by atoms with Crippen LogP contribution in [0.15, 0.2) is 60.2 Å². The van der Waals surface area contributed by atoms with Crippen LogP contribution in [-0.4, -0.2) is 33.7 Å². The number of nitrogens with zero attached hydrogens (tertiary/aromatic N) is 2. The highest BCUT2D eigenvalue weighted by Gasteiger charge is 2.44. The van der Waals surface area contributed by atoms with Gasteiger partial charge in [-0.25, -0.2) is 0 Å². The second kappa shape index (κ2) is 6.20. The molecule has 25 heavy (non-hydrogen) atoms. The molecule has 1 heterocycles. The van der Waals surface area contributed by atoms with E-state index in [1.807, 2.05) is 0 Å². The number of rotatable bonds is 3. The summed E-state index contributed by atoms with van der Waals surface area (Å²) in [7, 11) is 1.46. The minimum atomic E-state index is -0.805. The van der Waals surface area contributed by atoms with E-state index in [9.17, 15) is 24.8 Å². The zero-order chi connectivity index (χ0) is 18.1. The number of likely N-dealkylation sites (tertiary alicyclic amines) is 1. The molecule has 0 radical (unpaired) electrons. The molecule has 0 spiro atoms. The molecule has 1 fully saturated rings. The normalized spacial score (nSPS) is 19.2. The molecule has 7 heteroatoms. The van der Waals surface area contributed by atoms with Crippen molar-refractivity contribution in [2.24, 2.45) is 0 Å². The molecule has 1 atom stereocenters. The van der Waals surface area contributed by atoms with Crippen LogP contribution in [0.3, 0.4) is 0 Å². The third-order valence-corrected chi connectivity index (χ3v) is 4.14. The van der Waals surface area contributed by atoms with Gasteiger partial charge in [0.1, 0.15) is 5.76 Å². The molecule has 126 valence electrons. The number of hydrogen-bond donors (Lipinski definition) is 1. The number of Topliss-reactive ketones (excluding diaryl/α,β-unsaturated/α-hetero) is 1. The first kappa shape index (κ1) is 16.4. The van der Waals surface area contributed by atoms with E-state index in [2.05, 4.69) is 0 Å². The quantitative estimate of drug-likeness (QED) is 0.305. The fraction of sp³-hybridized carbons (Fsp3) is 0.111. The lowest BCUT2D eigenvalue weighted by Gasteiger charge is -2.20. The summed E-state index contributed by atoms with van der Waals surface area (Å²) in [6.45, 7) is 0. The number of likely N-dealkylation sites (N-methyl/N-ethyl adjacent to an activating group) is 1. The number of aliphatic hydroxyl groups is 1. The summed E-state index contributed by atoms with van der Waals surface area (Å²) in [4.78, 5) is 36.0. The molecule has 1 N–H and O–H groups in total. The Morgan fingerprint density at radius 3 is 2.24 bits per heavy atom. The standard InChI is InChI=1S/C18H14N2O5/c1-19-15(11-7-9-13(10-8-11)20(24)25)14(17(22)18(19)23)16(21)12-5-3-2-4-6-12/h2-10,15,21H,1H3/b16-14-. The summed E-state index contributed by atoms with van der Waals surface area (Å²) < 4.78 is 0. The topological polar surface area (TPSA) is 101 Å². The average Bonchev–Trinajstić information content (AvgIpc) is 2.86. The summed E-state index contributed by atoms with van der Waals surface area (Å²) in [5.74, 6) is -1.79. The number of carbonyl (C=O) groups is 2. The molecule has 0 aromatic heterocycles. The fourth-order valence-electron chi connectivity index (χ4n) is 2.87. The molecule has 1 unspecified atom stereocenters. The maximum Gasteiger partial charge on any atom is 0.295 e. The Morgan fingerprint density at radius 2 is 1.68 bits per heavy atom. The number of nitro groups is 1. The second-order valence-corrected chi connectivity index (χ2v) is 5.62. The Hall–Kier alpha value is -3.48. The molecular formula is C18H14N2O5. The molecule has 2 aromatic carbocycles. The number of non-ortho nitro benzene ring substituents is 1. The monoisotopic (exact) mass is 338 g/mol. The van der Waals surface area contributed by atoms with Crippen molar-refractivity contribution < 1.29 is 19.6 Å². The lowest BCUT2D eigenvalue weighted by Crippen LogP contribution is -2.24. The van der Waals surface area contributed by atoms with Gasteiger partial charge in [0.2, 0.25) is 0 Å². The minimum absolute atomic E-state index is 0.0347. The fourth-order valence-corrected chi connectivity index (χ4v) is 2.87. The number of benzene rings is 2. The van der Waals surface area contributed by atoms with Crippen LogP contribution in [0, 0.1) is 10.1 Å². The highest BCUT2D eigenvalue weighted by atomic mass is 16.6. The van der Waals surface area contributed by atoms with Crippen LogP contribution in [0.4, 0.5) is 5.69 Å². The Labute approximate surface area is 143 Å². The molecule has 7 nitrogen and oxygen atoms in total. The molecule has 2 aromatic rings. The molecule has 1 aliphatic rings. The third kappa shape index (κ3) is 2.76. The molecule has 0 aliphatic carbocycles. The van der Waals surface area contributed by atoms with Crippen molar-refractivity contribution in [1.29, 1.82) is 0 Å². The van der Waals surface area contributed by atoms with E-state index in [4.69, 9.17) is 0 Å². The molecule has 0 bridgehead atoms. The van der Waals surface area contributed by atoms with Crippen LogP contribution >= 0.6 is 0 Å². The highest BCUT2D eigenvalue weighted by molar-refractivity contribution is 6.46. The summed E-state index contributed by atoms with van der Waals surface area (Å²) in [5.41, 5.74) is 0.790. The van der Waals surface area contributed by atoms with Gasteiger partial charge in [-0.1, -0.05) is 30.3 Å². The van der Waals surface area contributed by atoms with Gasteiger partial charge in [0.15, 0.2) is 0 Å². The van der Waals surface area contributed by atoms with Gasteiger partial charge in [0.05, 0.1) is 16.5 Å².